The summed E-state index contributed by atoms with van der Waals surface area (Å²) < 4.78 is 57.9. The van der Waals surface area contributed by atoms with Gasteiger partial charge in [0.1, 0.15) is 28.8 Å². The van der Waals surface area contributed by atoms with Crippen LogP contribution in [0.15, 0.2) is 18.2 Å². The molecule has 0 aromatic heterocycles. The Bertz CT molecular complexity index is 752. The van der Waals surface area contributed by atoms with Crippen LogP contribution in [0.5, 0.6) is 11.5 Å². The predicted molar refractivity (Wildman–Crippen MR) is 101 cm³/mol. The van der Waals surface area contributed by atoms with E-state index in [1.54, 1.807) is 25.7 Å². The molecule has 1 heterocycles. The second kappa shape index (κ2) is 9.44. The fourth-order valence-electron chi connectivity index (χ4n) is 2.80. The summed E-state index contributed by atoms with van der Waals surface area (Å²) in [6.45, 7) is 4.65. The molecule has 7 nitrogen and oxygen atoms in total. The Hall–Kier alpha value is -2.65. The number of ether oxygens (including phenoxy) is 4. The van der Waals surface area contributed by atoms with Crippen molar-refractivity contribution in [1.29, 1.82) is 0 Å². The molecule has 1 saturated heterocycles. The summed E-state index contributed by atoms with van der Waals surface area (Å²) in [7, 11) is 1.19. The van der Waals surface area contributed by atoms with Gasteiger partial charge in [0.2, 0.25) is 0 Å². The molecule has 0 radical (unpaired) electrons. The van der Waals surface area contributed by atoms with Crippen LogP contribution in [0.1, 0.15) is 44.0 Å². The van der Waals surface area contributed by atoms with Gasteiger partial charge in [-0.3, -0.25) is 0 Å². The van der Waals surface area contributed by atoms with Gasteiger partial charge in [-0.25, -0.2) is 9.59 Å². The molecule has 2 rings (SSSR count). The summed E-state index contributed by atoms with van der Waals surface area (Å²) in [4.78, 5) is 25.7. The number of alkyl halides is 3. The van der Waals surface area contributed by atoms with E-state index in [9.17, 15) is 22.8 Å². The van der Waals surface area contributed by atoms with Crippen molar-refractivity contribution in [2.75, 3.05) is 26.8 Å². The fourth-order valence-corrected chi connectivity index (χ4v) is 2.80. The van der Waals surface area contributed by atoms with Gasteiger partial charge in [0, 0.05) is 32.0 Å². The fraction of sp³-hybridized carbons (Fsp3) is 0.600. The third-order valence-electron chi connectivity index (χ3n) is 4.15. The zero-order valence-electron chi connectivity index (χ0n) is 17.4. The Morgan fingerprint density at radius 1 is 1.13 bits per heavy atom. The number of hydrogen-bond donors (Lipinski definition) is 0. The number of carbonyl (C=O) groups is 2. The van der Waals surface area contributed by atoms with Crippen molar-refractivity contribution in [3.63, 3.8) is 0 Å². The van der Waals surface area contributed by atoms with Gasteiger partial charge in [-0.05, 0) is 32.9 Å². The Morgan fingerprint density at radius 2 is 1.77 bits per heavy atom. The molecule has 1 aromatic rings. The summed E-state index contributed by atoms with van der Waals surface area (Å²) in [6.07, 6.45) is -4.32. The topological polar surface area (TPSA) is 74.3 Å². The summed E-state index contributed by atoms with van der Waals surface area (Å²) >= 11 is 0. The van der Waals surface area contributed by atoms with E-state index in [2.05, 4.69) is 0 Å². The molecule has 30 heavy (non-hydrogen) atoms. The molecule has 0 unspecified atom stereocenters. The molecular weight excluding hydrogens is 407 g/mol. The predicted octanol–water partition coefficient (Wildman–Crippen LogP) is 4.19. The number of carbonyl (C=O) groups excluding carboxylic acids is 2. The average Bonchev–Trinajstić information content (AvgIpc) is 2.64. The highest BCUT2D eigenvalue weighted by Crippen LogP contribution is 2.30. The number of likely N-dealkylation sites (tertiary alicyclic amines) is 1. The minimum atomic E-state index is -4.49. The minimum Gasteiger partial charge on any atom is -0.489 e. The van der Waals surface area contributed by atoms with Crippen molar-refractivity contribution in [2.45, 2.75) is 51.5 Å². The zero-order valence-corrected chi connectivity index (χ0v) is 17.4. The van der Waals surface area contributed by atoms with Crippen LogP contribution in [-0.2, 0) is 9.47 Å². The average molecular weight is 433 g/mol. The molecule has 1 aliphatic rings. The van der Waals surface area contributed by atoms with Gasteiger partial charge >= 0.3 is 18.2 Å². The Kier molecular flexibility index (Phi) is 7.44. The van der Waals surface area contributed by atoms with Crippen LogP contribution < -0.4 is 9.47 Å². The Labute approximate surface area is 173 Å². The van der Waals surface area contributed by atoms with Crippen molar-refractivity contribution < 1.29 is 41.7 Å². The maximum atomic E-state index is 12.4. The number of amides is 1. The summed E-state index contributed by atoms with van der Waals surface area (Å²) in [5, 5.41) is 0. The van der Waals surface area contributed by atoms with Crippen molar-refractivity contribution in [3.8, 4) is 11.5 Å². The van der Waals surface area contributed by atoms with Crippen molar-refractivity contribution in [2.24, 2.45) is 0 Å². The molecule has 1 amide bonds. The number of halogens is 3. The molecule has 0 saturated carbocycles. The highest BCUT2D eigenvalue weighted by molar-refractivity contribution is 5.92. The number of esters is 1. The van der Waals surface area contributed by atoms with Gasteiger partial charge < -0.3 is 23.8 Å². The van der Waals surface area contributed by atoms with Crippen molar-refractivity contribution in [3.05, 3.63) is 23.8 Å². The van der Waals surface area contributed by atoms with Gasteiger partial charge in [0.05, 0.1) is 7.11 Å². The quantitative estimate of drug-likeness (QED) is 0.649. The molecule has 0 N–H and O–H groups in total. The number of methoxy groups -OCH3 is 1. The van der Waals surface area contributed by atoms with Crippen molar-refractivity contribution in [1.82, 2.24) is 4.90 Å². The number of nitrogens with zero attached hydrogens (tertiary/aromatic N) is 1. The second-order valence-electron chi connectivity index (χ2n) is 7.84. The van der Waals surface area contributed by atoms with E-state index < -0.39 is 30.4 Å². The van der Waals surface area contributed by atoms with Gasteiger partial charge in [-0.15, -0.1) is 0 Å². The lowest BCUT2D eigenvalue weighted by atomic mass is 10.1. The molecule has 0 bridgehead atoms. The molecule has 1 aromatic carbocycles. The van der Waals surface area contributed by atoms with Gasteiger partial charge in [0.15, 0.2) is 6.61 Å². The summed E-state index contributed by atoms with van der Waals surface area (Å²) in [6, 6.07) is 3.77. The molecule has 10 heteroatoms. The lowest BCUT2D eigenvalue weighted by Crippen LogP contribution is -2.44. The van der Waals surface area contributed by atoms with Gasteiger partial charge in [-0.2, -0.15) is 13.2 Å². The van der Waals surface area contributed by atoms with Crippen LogP contribution in [0.4, 0.5) is 18.0 Å². The first-order valence-electron chi connectivity index (χ1n) is 9.44. The van der Waals surface area contributed by atoms with Crippen LogP contribution in [0.25, 0.3) is 0 Å². The molecule has 168 valence electrons. The molecule has 1 fully saturated rings. The Balaban J connectivity index is 2.05. The minimum absolute atomic E-state index is 0.0669. The number of piperidine rings is 1. The lowest BCUT2D eigenvalue weighted by molar-refractivity contribution is -0.153. The number of benzene rings is 1. The summed E-state index contributed by atoms with van der Waals surface area (Å²) in [5.41, 5.74) is -0.525. The van der Waals surface area contributed by atoms with Crippen LogP contribution in [0, 0.1) is 0 Å². The van der Waals surface area contributed by atoms with Gasteiger partial charge in [-0.1, -0.05) is 0 Å². The molecule has 0 aliphatic carbocycles. The van der Waals surface area contributed by atoms with E-state index in [1.165, 1.54) is 25.3 Å². The van der Waals surface area contributed by atoms with Crippen LogP contribution in [0.2, 0.25) is 0 Å². The molecule has 0 spiro atoms. The molecule has 1 aliphatic heterocycles. The third-order valence-corrected chi connectivity index (χ3v) is 4.15. The maximum absolute atomic E-state index is 12.4. The Morgan fingerprint density at radius 3 is 2.30 bits per heavy atom. The van der Waals surface area contributed by atoms with E-state index in [1.807, 2.05) is 0 Å². The van der Waals surface area contributed by atoms with E-state index in [0.717, 1.165) is 0 Å². The monoisotopic (exact) mass is 433 g/mol. The molecule has 0 atom stereocenters. The van der Waals surface area contributed by atoms with E-state index in [4.69, 9.17) is 18.9 Å². The highest BCUT2D eigenvalue weighted by atomic mass is 19.4. The first-order chi connectivity index (χ1) is 13.9. The van der Waals surface area contributed by atoms with E-state index >= 15 is 0 Å². The second-order valence-corrected chi connectivity index (χ2v) is 7.84. The van der Waals surface area contributed by atoms with Crippen LogP contribution in [-0.4, -0.2) is 61.6 Å². The standard InChI is InChI=1S/C20H26F3NO6/c1-19(2,3)30-18(26)24-9-7-13(8-10-24)29-16-11-14(28-12-20(21,22)23)5-6-15(16)17(25)27-4/h5-6,11,13H,7-10,12H2,1-4H3. The van der Waals surface area contributed by atoms with E-state index in [-0.39, 0.29) is 23.2 Å². The number of rotatable bonds is 5. The van der Waals surface area contributed by atoms with Gasteiger partial charge in [0.25, 0.3) is 0 Å². The zero-order chi connectivity index (χ0) is 22.5. The smallest absolute Gasteiger partial charge is 0.422 e. The van der Waals surface area contributed by atoms with Crippen molar-refractivity contribution >= 4 is 12.1 Å². The molecular formula is C20H26F3NO6. The largest absolute Gasteiger partial charge is 0.489 e. The maximum Gasteiger partial charge on any atom is 0.422 e. The first-order valence-corrected chi connectivity index (χ1v) is 9.44. The van der Waals surface area contributed by atoms with Crippen LogP contribution in [0.3, 0.4) is 0 Å². The van der Waals surface area contributed by atoms with E-state index in [0.29, 0.717) is 25.9 Å². The lowest BCUT2D eigenvalue weighted by Gasteiger charge is -2.33. The highest BCUT2D eigenvalue weighted by Gasteiger charge is 2.30. The third kappa shape index (κ3) is 7.31. The normalized spacial score (nSPS) is 15.5. The SMILES string of the molecule is COC(=O)c1ccc(OCC(F)(F)F)cc1OC1CCN(C(=O)OC(C)(C)C)CC1. The first kappa shape index (κ1) is 23.6. The van der Waals surface area contributed by atoms with Crippen LogP contribution >= 0.6 is 0 Å². The summed E-state index contributed by atoms with van der Waals surface area (Å²) in [5.74, 6) is -0.697. The number of hydrogen-bond acceptors (Lipinski definition) is 6.